The van der Waals surface area contributed by atoms with Crippen molar-refractivity contribution in [1.82, 2.24) is 19.7 Å². The van der Waals surface area contributed by atoms with Gasteiger partial charge in [0.1, 0.15) is 10.7 Å². The molecular weight excluding hydrogens is 348 g/mol. The van der Waals surface area contributed by atoms with Gasteiger partial charge >= 0.3 is 0 Å². The summed E-state index contributed by atoms with van der Waals surface area (Å²) in [5.41, 5.74) is -0.871. The van der Waals surface area contributed by atoms with Crippen LogP contribution in [0.25, 0.3) is 0 Å². The van der Waals surface area contributed by atoms with Crippen LogP contribution in [0.4, 0.5) is 13.9 Å². The van der Waals surface area contributed by atoms with E-state index in [1.54, 1.807) is 11.3 Å². The van der Waals surface area contributed by atoms with Crippen LogP contribution in [0.15, 0.2) is 17.2 Å². The normalized spacial score (nSPS) is 18.9. The maximum atomic E-state index is 12.6. The number of rotatable bonds is 5. The minimum atomic E-state index is -2.71. The monoisotopic (exact) mass is 367 g/mol. The van der Waals surface area contributed by atoms with Crippen molar-refractivity contribution in [2.24, 2.45) is 5.92 Å². The van der Waals surface area contributed by atoms with Crippen LogP contribution in [0, 0.1) is 5.92 Å². The van der Waals surface area contributed by atoms with Gasteiger partial charge in [-0.1, -0.05) is 11.3 Å². The lowest BCUT2D eigenvalue weighted by atomic mass is 9.97. The maximum Gasteiger partial charge on any atom is 0.280 e. The van der Waals surface area contributed by atoms with Gasteiger partial charge in [-0.2, -0.15) is 0 Å². The van der Waals surface area contributed by atoms with Crippen LogP contribution in [-0.2, 0) is 6.54 Å². The SMILES string of the molecule is O=c1cc(C(F)F)ncn1CC1CCN(c2nnc(C3CC3)s2)CC1. The Morgan fingerprint density at radius 3 is 2.60 bits per heavy atom. The minimum absolute atomic E-state index is 0.337. The second kappa shape index (κ2) is 6.78. The predicted octanol–water partition coefficient (Wildman–Crippen LogP) is 2.83. The molecule has 4 rings (SSSR count). The zero-order valence-electron chi connectivity index (χ0n) is 13.6. The Hall–Kier alpha value is -1.90. The number of anilines is 1. The van der Waals surface area contributed by atoms with Crippen molar-refractivity contribution in [3.05, 3.63) is 33.4 Å². The van der Waals surface area contributed by atoms with E-state index < -0.39 is 17.7 Å². The molecule has 2 fully saturated rings. The van der Waals surface area contributed by atoms with E-state index in [0.717, 1.165) is 42.1 Å². The molecule has 9 heteroatoms. The molecule has 0 radical (unpaired) electrons. The molecule has 0 amide bonds. The molecule has 134 valence electrons. The van der Waals surface area contributed by atoms with E-state index in [2.05, 4.69) is 20.1 Å². The Bertz CT molecular complexity index is 796. The molecule has 0 spiro atoms. The van der Waals surface area contributed by atoms with Crippen LogP contribution >= 0.6 is 11.3 Å². The zero-order valence-corrected chi connectivity index (χ0v) is 14.5. The zero-order chi connectivity index (χ0) is 17.4. The van der Waals surface area contributed by atoms with E-state index in [4.69, 9.17) is 0 Å². The maximum absolute atomic E-state index is 12.6. The highest BCUT2D eigenvalue weighted by Crippen LogP contribution is 2.42. The number of halogens is 2. The van der Waals surface area contributed by atoms with E-state index >= 15 is 0 Å². The molecule has 25 heavy (non-hydrogen) atoms. The Balaban J connectivity index is 1.34. The number of piperidine rings is 1. The highest BCUT2D eigenvalue weighted by Gasteiger charge is 2.29. The van der Waals surface area contributed by atoms with Gasteiger partial charge in [0.15, 0.2) is 0 Å². The van der Waals surface area contributed by atoms with Crippen molar-refractivity contribution in [2.75, 3.05) is 18.0 Å². The summed E-state index contributed by atoms with van der Waals surface area (Å²) < 4.78 is 26.6. The first kappa shape index (κ1) is 16.6. The molecule has 1 aliphatic heterocycles. The van der Waals surface area contributed by atoms with Gasteiger partial charge in [0.2, 0.25) is 5.13 Å². The first-order valence-electron chi connectivity index (χ1n) is 8.53. The molecule has 0 N–H and O–H groups in total. The number of alkyl halides is 2. The summed E-state index contributed by atoms with van der Waals surface area (Å²) in [4.78, 5) is 17.9. The molecular formula is C16H19F2N5OS. The van der Waals surface area contributed by atoms with Gasteiger partial charge in [-0.15, -0.1) is 10.2 Å². The second-order valence-electron chi connectivity index (χ2n) is 6.73. The highest BCUT2D eigenvalue weighted by atomic mass is 32.1. The molecule has 2 aromatic rings. The summed E-state index contributed by atoms with van der Waals surface area (Å²) in [6, 6.07) is 0.931. The highest BCUT2D eigenvalue weighted by molar-refractivity contribution is 7.15. The van der Waals surface area contributed by atoms with Gasteiger partial charge in [-0.05, 0) is 31.6 Å². The summed E-state index contributed by atoms with van der Waals surface area (Å²) in [6.07, 6.45) is 2.84. The Labute approximate surface area is 147 Å². The van der Waals surface area contributed by atoms with Gasteiger partial charge in [-0.25, -0.2) is 13.8 Å². The summed E-state index contributed by atoms with van der Waals surface area (Å²) in [5.74, 6) is 0.961. The molecule has 1 aliphatic carbocycles. The van der Waals surface area contributed by atoms with Gasteiger partial charge in [0.25, 0.3) is 12.0 Å². The van der Waals surface area contributed by atoms with Crippen LogP contribution in [0.5, 0.6) is 0 Å². The molecule has 1 saturated heterocycles. The van der Waals surface area contributed by atoms with Crippen molar-refractivity contribution in [3.8, 4) is 0 Å². The van der Waals surface area contributed by atoms with E-state index in [-0.39, 0.29) is 0 Å². The van der Waals surface area contributed by atoms with E-state index in [1.807, 2.05) is 0 Å². The largest absolute Gasteiger partial charge is 0.347 e. The average molecular weight is 367 g/mol. The number of hydrogen-bond donors (Lipinski definition) is 0. The summed E-state index contributed by atoms with van der Waals surface area (Å²) in [5, 5.41) is 10.7. The standard InChI is InChI=1S/C16H19F2N5OS/c17-14(18)12-7-13(24)23(9-19-12)8-10-3-5-22(6-4-10)16-21-20-15(25-16)11-1-2-11/h7,9-11,14H,1-6,8H2. The third-order valence-electron chi connectivity index (χ3n) is 4.82. The summed E-state index contributed by atoms with van der Waals surface area (Å²) in [7, 11) is 0. The fourth-order valence-electron chi connectivity index (χ4n) is 3.13. The number of nitrogens with zero attached hydrogens (tertiary/aromatic N) is 5. The molecule has 0 atom stereocenters. The van der Waals surface area contributed by atoms with Gasteiger partial charge in [0, 0.05) is 31.6 Å². The van der Waals surface area contributed by atoms with E-state index in [1.165, 1.54) is 23.7 Å². The molecule has 0 aromatic carbocycles. The number of hydrogen-bond acceptors (Lipinski definition) is 6. The van der Waals surface area contributed by atoms with Gasteiger partial charge in [0.05, 0.1) is 6.33 Å². The fraction of sp³-hybridized carbons (Fsp3) is 0.625. The molecule has 0 unspecified atom stereocenters. The van der Waals surface area contributed by atoms with Gasteiger partial charge in [-0.3, -0.25) is 9.36 Å². The van der Waals surface area contributed by atoms with Gasteiger partial charge < -0.3 is 4.90 Å². The molecule has 3 heterocycles. The van der Waals surface area contributed by atoms with Crippen molar-refractivity contribution < 1.29 is 8.78 Å². The fourth-order valence-corrected chi connectivity index (χ4v) is 4.20. The predicted molar refractivity (Wildman–Crippen MR) is 90.3 cm³/mol. The molecule has 6 nitrogen and oxygen atoms in total. The molecule has 0 bridgehead atoms. The lowest BCUT2D eigenvalue weighted by Gasteiger charge is -2.31. The van der Waals surface area contributed by atoms with Crippen LogP contribution in [-0.4, -0.2) is 32.8 Å². The first-order chi connectivity index (χ1) is 12.1. The summed E-state index contributed by atoms with van der Waals surface area (Å²) in [6.45, 7) is 2.27. The lowest BCUT2D eigenvalue weighted by molar-refractivity contribution is 0.145. The summed E-state index contributed by atoms with van der Waals surface area (Å²) >= 11 is 1.69. The van der Waals surface area contributed by atoms with Crippen LogP contribution in [0.1, 0.15) is 48.7 Å². The topological polar surface area (TPSA) is 63.9 Å². The Morgan fingerprint density at radius 2 is 1.96 bits per heavy atom. The van der Waals surface area contributed by atoms with Crippen LogP contribution in [0.3, 0.4) is 0 Å². The third kappa shape index (κ3) is 3.70. The smallest absolute Gasteiger partial charge is 0.280 e. The number of aromatic nitrogens is 4. The van der Waals surface area contributed by atoms with E-state index in [9.17, 15) is 13.6 Å². The second-order valence-corrected chi connectivity index (χ2v) is 7.72. The lowest BCUT2D eigenvalue weighted by Crippen LogP contribution is -2.36. The van der Waals surface area contributed by atoms with Crippen LogP contribution < -0.4 is 10.5 Å². The van der Waals surface area contributed by atoms with Crippen molar-refractivity contribution in [3.63, 3.8) is 0 Å². The van der Waals surface area contributed by atoms with E-state index in [0.29, 0.717) is 18.4 Å². The third-order valence-corrected chi connectivity index (χ3v) is 5.97. The van der Waals surface area contributed by atoms with Crippen molar-refractivity contribution in [1.29, 1.82) is 0 Å². The van der Waals surface area contributed by atoms with Crippen molar-refractivity contribution >= 4 is 16.5 Å². The first-order valence-corrected chi connectivity index (χ1v) is 9.34. The van der Waals surface area contributed by atoms with Crippen LogP contribution in [0.2, 0.25) is 0 Å². The molecule has 2 aromatic heterocycles. The van der Waals surface area contributed by atoms with Crippen molar-refractivity contribution in [2.45, 2.75) is 44.6 Å². The Kier molecular flexibility index (Phi) is 4.49. The molecule has 1 saturated carbocycles. The average Bonchev–Trinajstić information content (AvgIpc) is 3.34. The molecule has 2 aliphatic rings. The quantitative estimate of drug-likeness (QED) is 0.813. The Morgan fingerprint density at radius 1 is 1.20 bits per heavy atom. The minimum Gasteiger partial charge on any atom is -0.347 e.